The minimum absolute atomic E-state index is 0.0710. The number of anilines is 1. The van der Waals surface area contributed by atoms with Crippen molar-refractivity contribution < 1.29 is 13.3 Å². The molecule has 0 radical (unpaired) electrons. The molecular weight excluding hydrogens is 356 g/mol. The molecule has 3 rings (SSSR count). The van der Waals surface area contributed by atoms with Gasteiger partial charge in [-0.15, -0.1) is 0 Å². The van der Waals surface area contributed by atoms with Gasteiger partial charge in [-0.2, -0.15) is 5.10 Å². The van der Waals surface area contributed by atoms with E-state index in [1.165, 1.54) is 16.8 Å². The number of para-hydroxylation sites is 1. The summed E-state index contributed by atoms with van der Waals surface area (Å²) < 4.78 is 29.3. The van der Waals surface area contributed by atoms with Crippen molar-refractivity contribution in [2.75, 3.05) is 4.72 Å². The lowest BCUT2D eigenvalue weighted by Crippen LogP contribution is -2.16. The molecule has 0 amide bonds. The monoisotopic (exact) mass is 372 g/mol. The van der Waals surface area contributed by atoms with E-state index >= 15 is 0 Å². The van der Waals surface area contributed by atoms with Crippen LogP contribution in [0.3, 0.4) is 0 Å². The highest BCUT2D eigenvalue weighted by molar-refractivity contribution is 7.92. The van der Waals surface area contributed by atoms with Crippen molar-refractivity contribution >= 4 is 21.5 Å². The molecule has 8 nitrogen and oxygen atoms in total. The molecule has 134 valence electrons. The maximum absolute atomic E-state index is 12.6. The topological polar surface area (TPSA) is 107 Å². The standard InChI is InChI=1S/C17H16N4O4S/c1-12-5-3-4-6-16(12)20-17(11-13(2)18-20)19-26(24,25)15-9-7-14(8-10-15)21(22)23/h3-11,19H,1-2H3. The van der Waals surface area contributed by atoms with Gasteiger partial charge in [-0.1, -0.05) is 18.2 Å². The maximum atomic E-state index is 12.6. The highest BCUT2D eigenvalue weighted by Crippen LogP contribution is 2.23. The molecule has 0 spiro atoms. The van der Waals surface area contributed by atoms with Gasteiger partial charge in [0.05, 0.1) is 21.2 Å². The number of nitro benzene ring substituents is 1. The molecule has 1 heterocycles. The first-order chi connectivity index (χ1) is 12.3. The van der Waals surface area contributed by atoms with Crippen molar-refractivity contribution in [2.45, 2.75) is 18.7 Å². The summed E-state index contributed by atoms with van der Waals surface area (Å²) in [6, 6.07) is 13.8. The molecule has 0 fully saturated rings. The van der Waals surface area contributed by atoms with Gasteiger partial charge in [0, 0.05) is 18.2 Å². The molecule has 0 aliphatic heterocycles. The van der Waals surface area contributed by atoms with Crippen molar-refractivity contribution in [3.05, 3.63) is 76.0 Å². The molecule has 1 aromatic heterocycles. The van der Waals surface area contributed by atoms with Gasteiger partial charge < -0.3 is 0 Å². The lowest BCUT2D eigenvalue weighted by molar-refractivity contribution is -0.384. The van der Waals surface area contributed by atoms with Crippen molar-refractivity contribution in [1.29, 1.82) is 0 Å². The van der Waals surface area contributed by atoms with E-state index in [9.17, 15) is 18.5 Å². The quantitative estimate of drug-likeness (QED) is 0.547. The van der Waals surface area contributed by atoms with Crippen LogP contribution in [0.1, 0.15) is 11.3 Å². The fraction of sp³-hybridized carbons (Fsp3) is 0.118. The first-order valence-electron chi connectivity index (χ1n) is 7.68. The molecule has 3 aromatic rings. The van der Waals surface area contributed by atoms with E-state index in [1.54, 1.807) is 13.0 Å². The minimum Gasteiger partial charge on any atom is -0.263 e. The normalized spacial score (nSPS) is 11.3. The van der Waals surface area contributed by atoms with E-state index in [4.69, 9.17) is 0 Å². The van der Waals surface area contributed by atoms with Crippen LogP contribution in [0.15, 0.2) is 59.5 Å². The Morgan fingerprint density at radius 3 is 2.35 bits per heavy atom. The Balaban J connectivity index is 1.98. The lowest BCUT2D eigenvalue weighted by Gasteiger charge is -2.12. The number of nitrogens with one attached hydrogen (secondary N) is 1. The number of aromatic nitrogens is 2. The summed E-state index contributed by atoms with van der Waals surface area (Å²) in [4.78, 5) is 10.1. The summed E-state index contributed by atoms with van der Waals surface area (Å²) in [5.74, 6) is 0.287. The van der Waals surface area contributed by atoms with E-state index in [2.05, 4.69) is 9.82 Å². The van der Waals surface area contributed by atoms with Crippen molar-refractivity contribution in [1.82, 2.24) is 9.78 Å². The van der Waals surface area contributed by atoms with Crippen LogP contribution < -0.4 is 4.72 Å². The Bertz CT molecular complexity index is 1070. The van der Waals surface area contributed by atoms with Crippen LogP contribution >= 0.6 is 0 Å². The molecule has 0 bridgehead atoms. The van der Waals surface area contributed by atoms with Gasteiger partial charge in [-0.05, 0) is 37.6 Å². The van der Waals surface area contributed by atoms with Gasteiger partial charge >= 0.3 is 0 Å². The summed E-state index contributed by atoms with van der Waals surface area (Å²) in [5, 5.41) is 15.1. The zero-order chi connectivity index (χ0) is 18.9. The van der Waals surface area contributed by atoms with E-state index in [0.717, 1.165) is 23.4 Å². The van der Waals surface area contributed by atoms with Crippen LogP contribution in [0.4, 0.5) is 11.5 Å². The maximum Gasteiger partial charge on any atom is 0.269 e. The predicted octanol–water partition coefficient (Wildman–Crippen LogP) is 3.20. The van der Waals surface area contributed by atoms with Gasteiger partial charge in [0.2, 0.25) is 0 Å². The number of aryl methyl sites for hydroxylation is 2. The van der Waals surface area contributed by atoms with Crippen LogP contribution in [-0.4, -0.2) is 23.1 Å². The zero-order valence-electron chi connectivity index (χ0n) is 14.1. The summed E-state index contributed by atoms with van der Waals surface area (Å²) >= 11 is 0. The summed E-state index contributed by atoms with van der Waals surface area (Å²) in [6.07, 6.45) is 0. The van der Waals surface area contributed by atoms with Gasteiger partial charge in [0.25, 0.3) is 15.7 Å². The fourth-order valence-corrected chi connectivity index (χ4v) is 3.53. The first kappa shape index (κ1) is 17.6. The van der Waals surface area contributed by atoms with E-state index < -0.39 is 14.9 Å². The van der Waals surface area contributed by atoms with E-state index in [-0.39, 0.29) is 16.4 Å². The largest absolute Gasteiger partial charge is 0.269 e. The molecule has 2 aromatic carbocycles. The Hall–Kier alpha value is -3.20. The zero-order valence-corrected chi connectivity index (χ0v) is 14.9. The SMILES string of the molecule is Cc1cc(NS(=O)(=O)c2ccc([N+](=O)[O-])cc2)n(-c2ccccc2C)n1. The van der Waals surface area contributed by atoms with Crippen LogP contribution in [0.5, 0.6) is 0 Å². The third-order valence-corrected chi connectivity index (χ3v) is 5.14. The number of benzene rings is 2. The van der Waals surface area contributed by atoms with Crippen LogP contribution in [0.25, 0.3) is 5.69 Å². The average Bonchev–Trinajstić information content (AvgIpc) is 2.94. The van der Waals surface area contributed by atoms with Crippen molar-refractivity contribution in [3.63, 3.8) is 0 Å². The second-order valence-corrected chi connectivity index (χ2v) is 7.41. The number of sulfonamides is 1. The third-order valence-electron chi connectivity index (χ3n) is 3.77. The highest BCUT2D eigenvalue weighted by Gasteiger charge is 2.19. The molecule has 0 atom stereocenters. The second-order valence-electron chi connectivity index (χ2n) is 5.73. The molecule has 26 heavy (non-hydrogen) atoms. The summed E-state index contributed by atoms with van der Waals surface area (Å²) in [7, 11) is -3.92. The minimum atomic E-state index is -3.92. The smallest absolute Gasteiger partial charge is 0.263 e. The van der Waals surface area contributed by atoms with Crippen molar-refractivity contribution in [2.24, 2.45) is 0 Å². The molecular formula is C17H16N4O4S. The van der Waals surface area contributed by atoms with Gasteiger partial charge in [0.15, 0.2) is 0 Å². The molecule has 9 heteroatoms. The van der Waals surface area contributed by atoms with Gasteiger partial charge in [-0.3, -0.25) is 14.8 Å². The van der Waals surface area contributed by atoms with Gasteiger partial charge in [0.1, 0.15) is 5.82 Å². The number of rotatable bonds is 5. The highest BCUT2D eigenvalue weighted by atomic mass is 32.2. The Kier molecular flexibility index (Phi) is 4.47. The summed E-state index contributed by atoms with van der Waals surface area (Å²) in [6.45, 7) is 3.67. The second kappa shape index (κ2) is 6.60. The fourth-order valence-electron chi connectivity index (χ4n) is 2.50. The Morgan fingerprint density at radius 1 is 1.08 bits per heavy atom. The number of hydrogen-bond acceptors (Lipinski definition) is 5. The first-order valence-corrected chi connectivity index (χ1v) is 9.16. The molecule has 0 saturated heterocycles. The van der Waals surface area contributed by atoms with Crippen LogP contribution in [0, 0.1) is 24.0 Å². The molecule has 0 saturated carbocycles. The van der Waals surface area contributed by atoms with E-state index in [0.29, 0.717) is 5.69 Å². The number of nitro groups is 1. The Morgan fingerprint density at radius 2 is 1.73 bits per heavy atom. The van der Waals surface area contributed by atoms with Crippen LogP contribution in [0.2, 0.25) is 0 Å². The molecule has 1 N–H and O–H groups in total. The molecule has 0 unspecified atom stereocenters. The predicted molar refractivity (Wildman–Crippen MR) is 96.9 cm³/mol. The Labute approximate surface area is 150 Å². The van der Waals surface area contributed by atoms with E-state index in [1.807, 2.05) is 31.2 Å². The number of nitrogens with zero attached hydrogens (tertiary/aromatic N) is 3. The van der Waals surface area contributed by atoms with Crippen LogP contribution in [-0.2, 0) is 10.0 Å². The number of hydrogen-bond donors (Lipinski definition) is 1. The average molecular weight is 372 g/mol. The van der Waals surface area contributed by atoms with Crippen molar-refractivity contribution in [3.8, 4) is 5.69 Å². The number of non-ortho nitro benzene ring substituents is 1. The third kappa shape index (κ3) is 3.42. The summed E-state index contributed by atoms with van der Waals surface area (Å²) in [5.41, 5.74) is 2.16. The molecule has 0 aliphatic rings. The van der Waals surface area contributed by atoms with Gasteiger partial charge in [-0.25, -0.2) is 13.1 Å². The lowest BCUT2D eigenvalue weighted by atomic mass is 10.2. The molecule has 0 aliphatic carbocycles.